The van der Waals surface area contributed by atoms with Gasteiger partial charge in [-0.15, -0.1) is 0 Å². The lowest BCUT2D eigenvalue weighted by Crippen LogP contribution is -2.40. The number of rotatable bonds is 4. The third-order valence-electron chi connectivity index (χ3n) is 3.04. The van der Waals surface area contributed by atoms with Crippen LogP contribution in [-0.4, -0.2) is 36.6 Å². The van der Waals surface area contributed by atoms with E-state index in [1.165, 1.54) is 0 Å². The average molecular weight is 213 g/mol. The Morgan fingerprint density at radius 1 is 1.40 bits per heavy atom. The Bertz CT molecular complexity index is 196. The number of carbonyl (C=O) groups is 1. The van der Waals surface area contributed by atoms with Gasteiger partial charge in [0.1, 0.15) is 0 Å². The average Bonchev–Trinajstić information content (AvgIpc) is 2.26. The van der Waals surface area contributed by atoms with E-state index >= 15 is 0 Å². The van der Waals surface area contributed by atoms with Crippen LogP contribution >= 0.6 is 0 Å². The van der Waals surface area contributed by atoms with Crippen molar-refractivity contribution in [3.05, 3.63) is 0 Å². The van der Waals surface area contributed by atoms with Crippen molar-refractivity contribution in [1.29, 1.82) is 0 Å². The lowest BCUT2D eigenvalue weighted by molar-refractivity contribution is -0.150. The second-order valence-corrected chi connectivity index (χ2v) is 4.57. The van der Waals surface area contributed by atoms with Crippen molar-refractivity contribution in [3.8, 4) is 0 Å². The molecule has 1 saturated heterocycles. The molecule has 0 spiro atoms. The first-order chi connectivity index (χ1) is 7.15. The van der Waals surface area contributed by atoms with Crippen molar-refractivity contribution in [2.24, 2.45) is 5.92 Å². The molecule has 0 aromatic carbocycles. The van der Waals surface area contributed by atoms with Gasteiger partial charge in [0.15, 0.2) is 0 Å². The summed E-state index contributed by atoms with van der Waals surface area (Å²) in [5.41, 5.74) is 0. The monoisotopic (exact) mass is 213 g/mol. The minimum atomic E-state index is 0.0141. The topological polar surface area (TPSA) is 29.5 Å². The van der Waals surface area contributed by atoms with E-state index in [4.69, 9.17) is 4.74 Å². The number of ether oxygens (including phenoxy) is 1. The summed E-state index contributed by atoms with van der Waals surface area (Å²) in [6, 6.07) is 0.595. The van der Waals surface area contributed by atoms with Crippen molar-refractivity contribution in [2.75, 3.05) is 19.7 Å². The quantitative estimate of drug-likeness (QED) is 0.669. The van der Waals surface area contributed by atoms with Gasteiger partial charge in [0.25, 0.3) is 0 Å². The minimum Gasteiger partial charge on any atom is -0.465 e. The van der Waals surface area contributed by atoms with Gasteiger partial charge in [0.2, 0.25) is 0 Å². The van der Waals surface area contributed by atoms with Crippen LogP contribution in [0.4, 0.5) is 0 Å². The summed E-state index contributed by atoms with van der Waals surface area (Å²) in [7, 11) is 0. The van der Waals surface area contributed by atoms with Crippen LogP contribution in [0.25, 0.3) is 0 Å². The zero-order chi connectivity index (χ0) is 11.3. The van der Waals surface area contributed by atoms with E-state index in [2.05, 4.69) is 18.7 Å². The van der Waals surface area contributed by atoms with Crippen LogP contribution in [0, 0.1) is 5.92 Å². The Hall–Kier alpha value is -0.570. The standard InChI is InChI=1S/C12H23NO2/c1-4-9-15-12(14)11-5-7-13(8-6-11)10(2)3/h10-11H,4-9H2,1-3H3. The maximum atomic E-state index is 11.6. The largest absolute Gasteiger partial charge is 0.465 e. The van der Waals surface area contributed by atoms with Crippen LogP contribution in [-0.2, 0) is 9.53 Å². The zero-order valence-corrected chi connectivity index (χ0v) is 10.2. The number of likely N-dealkylation sites (tertiary alicyclic amines) is 1. The number of nitrogens with zero attached hydrogens (tertiary/aromatic N) is 1. The minimum absolute atomic E-state index is 0.0141. The Balaban J connectivity index is 2.27. The summed E-state index contributed by atoms with van der Waals surface area (Å²) >= 11 is 0. The molecule has 0 radical (unpaired) electrons. The van der Waals surface area contributed by atoms with E-state index in [0.29, 0.717) is 12.6 Å². The number of hydrogen-bond acceptors (Lipinski definition) is 3. The summed E-state index contributed by atoms with van der Waals surface area (Å²) in [5, 5.41) is 0. The molecule has 1 aliphatic heterocycles. The van der Waals surface area contributed by atoms with Crippen molar-refractivity contribution in [3.63, 3.8) is 0 Å². The van der Waals surface area contributed by atoms with Gasteiger partial charge in [-0.05, 0) is 46.2 Å². The molecule has 0 aromatic rings. The van der Waals surface area contributed by atoms with Crippen LogP contribution in [0.15, 0.2) is 0 Å². The molecule has 0 atom stereocenters. The molecule has 0 bridgehead atoms. The Morgan fingerprint density at radius 3 is 2.47 bits per heavy atom. The molecule has 0 aromatic heterocycles. The fourth-order valence-electron chi connectivity index (χ4n) is 1.97. The van der Waals surface area contributed by atoms with Crippen molar-refractivity contribution in [2.45, 2.75) is 46.1 Å². The molecule has 1 rings (SSSR count). The molecular formula is C12H23NO2. The summed E-state index contributed by atoms with van der Waals surface area (Å²) in [5.74, 6) is 0.159. The lowest BCUT2D eigenvalue weighted by atomic mass is 9.96. The molecular weight excluding hydrogens is 190 g/mol. The fraction of sp³-hybridized carbons (Fsp3) is 0.917. The van der Waals surface area contributed by atoms with Crippen molar-refractivity contribution in [1.82, 2.24) is 4.90 Å². The summed E-state index contributed by atoms with van der Waals surface area (Å²) < 4.78 is 5.17. The molecule has 88 valence electrons. The highest BCUT2D eigenvalue weighted by atomic mass is 16.5. The third kappa shape index (κ3) is 3.82. The van der Waals surface area contributed by atoms with Crippen LogP contribution < -0.4 is 0 Å². The van der Waals surface area contributed by atoms with Gasteiger partial charge < -0.3 is 9.64 Å². The first kappa shape index (κ1) is 12.5. The van der Waals surface area contributed by atoms with Gasteiger partial charge in [0, 0.05) is 6.04 Å². The highest BCUT2D eigenvalue weighted by molar-refractivity contribution is 5.72. The summed E-state index contributed by atoms with van der Waals surface area (Å²) in [4.78, 5) is 14.0. The maximum absolute atomic E-state index is 11.6. The smallest absolute Gasteiger partial charge is 0.309 e. The van der Waals surface area contributed by atoms with Gasteiger partial charge >= 0.3 is 5.97 Å². The molecule has 1 heterocycles. The molecule has 0 saturated carbocycles. The number of piperidine rings is 1. The molecule has 15 heavy (non-hydrogen) atoms. The van der Waals surface area contributed by atoms with Crippen LogP contribution in [0.2, 0.25) is 0 Å². The normalized spacial score (nSPS) is 19.5. The predicted octanol–water partition coefficient (Wildman–Crippen LogP) is 2.06. The molecule has 3 heteroatoms. The SMILES string of the molecule is CCCOC(=O)C1CCN(C(C)C)CC1. The van der Waals surface area contributed by atoms with Gasteiger partial charge in [-0.25, -0.2) is 0 Å². The lowest BCUT2D eigenvalue weighted by Gasteiger charge is -2.33. The van der Waals surface area contributed by atoms with Crippen LogP contribution in [0.3, 0.4) is 0 Å². The Kier molecular flexibility index (Phi) is 5.09. The third-order valence-corrected chi connectivity index (χ3v) is 3.04. The van der Waals surface area contributed by atoms with E-state index in [9.17, 15) is 4.79 Å². The fourth-order valence-corrected chi connectivity index (χ4v) is 1.97. The summed E-state index contributed by atoms with van der Waals surface area (Å²) in [6.45, 7) is 9.07. The highest BCUT2D eigenvalue weighted by Gasteiger charge is 2.26. The van der Waals surface area contributed by atoms with Gasteiger partial charge in [-0.2, -0.15) is 0 Å². The second kappa shape index (κ2) is 6.11. The molecule has 3 nitrogen and oxygen atoms in total. The first-order valence-corrected chi connectivity index (χ1v) is 6.05. The van der Waals surface area contributed by atoms with E-state index in [1.54, 1.807) is 0 Å². The van der Waals surface area contributed by atoms with E-state index in [0.717, 1.165) is 32.4 Å². The zero-order valence-electron chi connectivity index (χ0n) is 10.2. The van der Waals surface area contributed by atoms with Crippen molar-refractivity contribution < 1.29 is 9.53 Å². The molecule has 0 amide bonds. The van der Waals surface area contributed by atoms with Gasteiger partial charge in [-0.1, -0.05) is 6.92 Å². The van der Waals surface area contributed by atoms with Crippen molar-refractivity contribution >= 4 is 5.97 Å². The second-order valence-electron chi connectivity index (χ2n) is 4.57. The maximum Gasteiger partial charge on any atom is 0.309 e. The van der Waals surface area contributed by atoms with Gasteiger partial charge in [0.05, 0.1) is 12.5 Å². The molecule has 0 unspecified atom stereocenters. The first-order valence-electron chi connectivity index (χ1n) is 6.05. The molecule has 1 fully saturated rings. The molecule has 1 aliphatic rings. The predicted molar refractivity (Wildman–Crippen MR) is 60.7 cm³/mol. The highest BCUT2D eigenvalue weighted by Crippen LogP contribution is 2.20. The Labute approximate surface area is 92.8 Å². The van der Waals surface area contributed by atoms with E-state index in [1.807, 2.05) is 6.92 Å². The molecule has 0 aliphatic carbocycles. The number of hydrogen-bond donors (Lipinski definition) is 0. The molecule has 0 N–H and O–H groups in total. The number of carbonyl (C=O) groups excluding carboxylic acids is 1. The summed E-state index contributed by atoms with van der Waals surface area (Å²) in [6.07, 6.45) is 2.83. The van der Waals surface area contributed by atoms with E-state index < -0.39 is 0 Å². The van der Waals surface area contributed by atoms with Crippen LogP contribution in [0.5, 0.6) is 0 Å². The Morgan fingerprint density at radius 2 is 2.00 bits per heavy atom. The van der Waals surface area contributed by atoms with Gasteiger partial charge in [-0.3, -0.25) is 4.79 Å². The van der Waals surface area contributed by atoms with Crippen LogP contribution in [0.1, 0.15) is 40.0 Å². The number of esters is 1. The van der Waals surface area contributed by atoms with E-state index in [-0.39, 0.29) is 11.9 Å².